The summed E-state index contributed by atoms with van der Waals surface area (Å²) in [6.07, 6.45) is -5.09. The van der Waals surface area contributed by atoms with Crippen molar-refractivity contribution in [1.82, 2.24) is 4.90 Å². The van der Waals surface area contributed by atoms with Crippen molar-refractivity contribution in [3.63, 3.8) is 0 Å². The summed E-state index contributed by atoms with van der Waals surface area (Å²) in [5, 5.41) is 0. The van der Waals surface area contributed by atoms with Crippen LogP contribution in [0.15, 0.2) is 18.2 Å². The number of benzene rings is 1. The molecule has 5 nitrogen and oxygen atoms in total. The lowest BCUT2D eigenvalue weighted by Gasteiger charge is -2.28. The van der Waals surface area contributed by atoms with E-state index < -0.39 is 29.5 Å². The highest BCUT2D eigenvalue weighted by Gasteiger charge is 2.36. The fourth-order valence-electron chi connectivity index (χ4n) is 1.97. The van der Waals surface area contributed by atoms with Crippen molar-refractivity contribution in [1.29, 1.82) is 0 Å². The number of ether oxygens (including phenoxy) is 2. The van der Waals surface area contributed by atoms with E-state index in [4.69, 9.17) is 9.47 Å². The number of likely N-dealkylation sites (N-methyl/N-ethyl adjacent to an activating group) is 1. The van der Waals surface area contributed by atoms with Crippen molar-refractivity contribution in [3.8, 4) is 5.75 Å². The van der Waals surface area contributed by atoms with Gasteiger partial charge < -0.3 is 14.3 Å². The van der Waals surface area contributed by atoms with Crippen molar-refractivity contribution in [3.05, 3.63) is 29.3 Å². The number of amides is 1. The van der Waals surface area contributed by atoms with E-state index in [0.717, 1.165) is 24.1 Å². The molecule has 0 heterocycles. The molecule has 1 atom stereocenters. The molecule has 1 unspecified atom stereocenters. The van der Waals surface area contributed by atoms with Crippen LogP contribution in [0.1, 0.15) is 37.9 Å². The number of aldehydes is 1. The second-order valence-electron chi connectivity index (χ2n) is 6.13. The molecule has 1 aromatic rings. The fraction of sp³-hybridized carbons (Fsp3) is 0.500. The first-order chi connectivity index (χ1) is 10.9. The van der Waals surface area contributed by atoms with E-state index in [2.05, 4.69) is 0 Å². The van der Waals surface area contributed by atoms with Crippen LogP contribution in [0.2, 0.25) is 0 Å². The van der Waals surface area contributed by atoms with Crippen LogP contribution in [0.3, 0.4) is 0 Å². The quantitative estimate of drug-likeness (QED) is 0.777. The van der Waals surface area contributed by atoms with Gasteiger partial charge in [0.25, 0.3) is 0 Å². The Morgan fingerprint density at radius 1 is 1.25 bits per heavy atom. The summed E-state index contributed by atoms with van der Waals surface area (Å²) in [5.41, 5.74) is -1.81. The smallest absolute Gasteiger partial charge is 0.419 e. The standard InChI is InChI=1S/C16H20F3NO4/c1-15(2,3)24-14(22)20(4)12(9-21)10-6-7-13(23-5)11(8-10)16(17,18)19/h6-9,12H,1-5H3. The molecule has 0 bridgehead atoms. The number of nitrogens with zero attached hydrogens (tertiary/aromatic N) is 1. The molecule has 1 rings (SSSR count). The summed E-state index contributed by atoms with van der Waals surface area (Å²) < 4.78 is 49.1. The van der Waals surface area contributed by atoms with Crippen LogP contribution >= 0.6 is 0 Å². The molecule has 0 aliphatic heterocycles. The van der Waals surface area contributed by atoms with Gasteiger partial charge in [0.1, 0.15) is 23.7 Å². The maximum absolute atomic E-state index is 13.1. The zero-order valence-corrected chi connectivity index (χ0v) is 14.1. The topological polar surface area (TPSA) is 55.8 Å². The van der Waals surface area contributed by atoms with Gasteiger partial charge in [-0.05, 0) is 38.5 Å². The van der Waals surface area contributed by atoms with E-state index in [0.29, 0.717) is 6.29 Å². The normalized spacial score (nSPS) is 13.2. The highest BCUT2D eigenvalue weighted by molar-refractivity contribution is 5.75. The van der Waals surface area contributed by atoms with Crippen molar-refractivity contribution in [2.75, 3.05) is 14.2 Å². The maximum atomic E-state index is 13.1. The second-order valence-corrected chi connectivity index (χ2v) is 6.13. The number of carbonyl (C=O) groups excluding carboxylic acids is 2. The number of methoxy groups -OCH3 is 1. The van der Waals surface area contributed by atoms with Gasteiger partial charge in [0.05, 0.1) is 12.7 Å². The Morgan fingerprint density at radius 2 is 1.83 bits per heavy atom. The zero-order chi connectivity index (χ0) is 18.7. The van der Waals surface area contributed by atoms with Gasteiger partial charge in [-0.15, -0.1) is 0 Å². The number of hydrogen-bond donors (Lipinski definition) is 0. The van der Waals surface area contributed by atoms with Gasteiger partial charge in [-0.2, -0.15) is 13.2 Å². The Kier molecular flexibility index (Phi) is 5.86. The van der Waals surface area contributed by atoms with Crippen LogP contribution in [0.25, 0.3) is 0 Å². The van der Waals surface area contributed by atoms with Crippen molar-refractivity contribution in [2.45, 2.75) is 38.6 Å². The summed E-state index contributed by atoms with van der Waals surface area (Å²) >= 11 is 0. The first-order valence-corrected chi connectivity index (χ1v) is 7.07. The van der Waals surface area contributed by atoms with E-state index in [1.54, 1.807) is 20.8 Å². The number of rotatable bonds is 4. The Labute approximate surface area is 138 Å². The Morgan fingerprint density at radius 3 is 2.25 bits per heavy atom. The summed E-state index contributed by atoms with van der Waals surface area (Å²) in [6, 6.07) is 1.98. The molecule has 0 radical (unpaired) electrons. The third kappa shape index (κ3) is 4.87. The van der Waals surface area contributed by atoms with Gasteiger partial charge in [0.15, 0.2) is 0 Å². The lowest BCUT2D eigenvalue weighted by atomic mass is 10.0. The molecule has 0 spiro atoms. The Balaban J connectivity index is 3.21. The molecule has 0 fully saturated rings. The number of alkyl halides is 3. The van der Waals surface area contributed by atoms with Gasteiger partial charge in [-0.25, -0.2) is 4.79 Å². The molecule has 8 heteroatoms. The highest BCUT2D eigenvalue weighted by atomic mass is 19.4. The first kappa shape index (κ1) is 19.8. The van der Waals surface area contributed by atoms with E-state index in [-0.39, 0.29) is 11.3 Å². The zero-order valence-electron chi connectivity index (χ0n) is 14.1. The van der Waals surface area contributed by atoms with Crippen molar-refractivity contribution < 1.29 is 32.2 Å². The predicted octanol–water partition coefficient (Wildman–Crippen LogP) is 3.82. The Hall–Kier alpha value is -2.25. The molecule has 0 saturated carbocycles. The third-order valence-electron chi connectivity index (χ3n) is 3.10. The van der Waals surface area contributed by atoms with Crippen LogP contribution in [0.4, 0.5) is 18.0 Å². The van der Waals surface area contributed by atoms with E-state index in [1.807, 2.05) is 0 Å². The molecule has 1 amide bonds. The molecule has 0 aliphatic carbocycles. The van der Waals surface area contributed by atoms with Crippen LogP contribution < -0.4 is 4.74 Å². The third-order valence-corrected chi connectivity index (χ3v) is 3.10. The molecule has 24 heavy (non-hydrogen) atoms. The highest BCUT2D eigenvalue weighted by Crippen LogP contribution is 2.38. The first-order valence-electron chi connectivity index (χ1n) is 7.07. The SMILES string of the molecule is COc1ccc(C(C=O)N(C)C(=O)OC(C)(C)C)cc1C(F)(F)F. The van der Waals surface area contributed by atoms with Gasteiger partial charge in [0, 0.05) is 7.05 Å². The molecular weight excluding hydrogens is 327 g/mol. The van der Waals surface area contributed by atoms with Crippen LogP contribution in [0, 0.1) is 0 Å². The largest absolute Gasteiger partial charge is 0.496 e. The van der Waals surface area contributed by atoms with Crippen molar-refractivity contribution in [2.24, 2.45) is 0 Å². The number of carbonyl (C=O) groups is 2. The lowest BCUT2D eigenvalue weighted by Crippen LogP contribution is -2.37. The Bertz CT molecular complexity index is 608. The van der Waals surface area contributed by atoms with Crippen LogP contribution in [-0.2, 0) is 15.7 Å². The van der Waals surface area contributed by atoms with Gasteiger partial charge in [0.2, 0.25) is 0 Å². The summed E-state index contributed by atoms with van der Waals surface area (Å²) in [5.74, 6) is -0.365. The van der Waals surface area contributed by atoms with E-state index in [9.17, 15) is 22.8 Å². The average molecular weight is 347 g/mol. The predicted molar refractivity (Wildman–Crippen MR) is 80.8 cm³/mol. The molecule has 0 aromatic heterocycles. The van der Waals surface area contributed by atoms with Crippen molar-refractivity contribution >= 4 is 12.4 Å². The molecule has 0 aliphatic rings. The minimum absolute atomic E-state index is 0.00600. The average Bonchev–Trinajstić information content (AvgIpc) is 2.45. The molecule has 1 aromatic carbocycles. The molecule has 0 saturated heterocycles. The molecule has 0 N–H and O–H groups in total. The van der Waals surface area contributed by atoms with E-state index in [1.165, 1.54) is 13.1 Å². The fourth-order valence-corrected chi connectivity index (χ4v) is 1.97. The minimum Gasteiger partial charge on any atom is -0.496 e. The van der Waals surface area contributed by atoms with Gasteiger partial charge >= 0.3 is 12.3 Å². The van der Waals surface area contributed by atoms with Gasteiger partial charge in [-0.1, -0.05) is 6.07 Å². The molecular formula is C16H20F3NO4. The van der Waals surface area contributed by atoms with Gasteiger partial charge in [-0.3, -0.25) is 4.90 Å². The van der Waals surface area contributed by atoms with E-state index >= 15 is 0 Å². The number of hydrogen-bond acceptors (Lipinski definition) is 4. The summed E-state index contributed by atoms with van der Waals surface area (Å²) in [6.45, 7) is 4.93. The second kappa shape index (κ2) is 7.11. The minimum atomic E-state index is -4.65. The summed E-state index contributed by atoms with van der Waals surface area (Å²) in [7, 11) is 2.40. The number of halogens is 3. The molecule has 134 valence electrons. The summed E-state index contributed by atoms with van der Waals surface area (Å²) in [4.78, 5) is 24.4. The lowest BCUT2D eigenvalue weighted by molar-refractivity contribution is -0.138. The maximum Gasteiger partial charge on any atom is 0.419 e. The monoisotopic (exact) mass is 347 g/mol. The van der Waals surface area contributed by atoms with Crippen LogP contribution in [-0.4, -0.2) is 37.0 Å². The van der Waals surface area contributed by atoms with Crippen LogP contribution in [0.5, 0.6) is 5.75 Å².